The summed E-state index contributed by atoms with van der Waals surface area (Å²) >= 11 is 0. The van der Waals surface area contributed by atoms with Crippen LogP contribution < -0.4 is 14.4 Å². The third kappa shape index (κ3) is 4.67. The highest BCUT2D eigenvalue weighted by Gasteiger charge is 2.24. The van der Waals surface area contributed by atoms with Gasteiger partial charge < -0.3 is 14.4 Å². The van der Waals surface area contributed by atoms with Crippen molar-refractivity contribution in [2.75, 3.05) is 25.7 Å². The first-order valence-electron chi connectivity index (χ1n) is 11.4. The van der Waals surface area contributed by atoms with E-state index in [0.717, 1.165) is 49.4 Å². The molecule has 1 aliphatic rings. The molecule has 3 aromatic carbocycles. The third-order valence-corrected chi connectivity index (χ3v) is 6.63. The highest BCUT2D eigenvalue weighted by Crippen LogP contribution is 2.40. The lowest BCUT2D eigenvalue weighted by atomic mass is 9.79. The van der Waals surface area contributed by atoms with E-state index < -0.39 is 0 Å². The molecule has 1 unspecified atom stereocenters. The fourth-order valence-corrected chi connectivity index (χ4v) is 4.74. The molecule has 166 valence electrons. The highest BCUT2D eigenvalue weighted by atomic mass is 16.5. The maximum Gasteiger partial charge on any atom is 0.120 e. The van der Waals surface area contributed by atoms with Crippen molar-refractivity contribution in [2.45, 2.75) is 38.6 Å². The largest absolute Gasteiger partial charge is 0.497 e. The van der Waals surface area contributed by atoms with Gasteiger partial charge in [-0.1, -0.05) is 49.1 Å². The second-order valence-electron chi connectivity index (χ2n) is 8.46. The van der Waals surface area contributed by atoms with Gasteiger partial charge in [-0.2, -0.15) is 0 Å². The molecule has 0 spiro atoms. The lowest BCUT2D eigenvalue weighted by molar-refractivity contribution is 0.412. The van der Waals surface area contributed by atoms with Crippen LogP contribution in [0, 0.1) is 0 Å². The molecule has 0 aromatic heterocycles. The van der Waals surface area contributed by atoms with E-state index in [1.807, 2.05) is 6.08 Å². The molecule has 4 rings (SSSR count). The first-order valence-corrected chi connectivity index (χ1v) is 11.4. The molecule has 0 bridgehead atoms. The number of fused-ring (bicyclic) bond motifs is 1. The van der Waals surface area contributed by atoms with E-state index in [0.29, 0.717) is 5.92 Å². The van der Waals surface area contributed by atoms with Gasteiger partial charge in [0.1, 0.15) is 11.5 Å². The van der Waals surface area contributed by atoms with Gasteiger partial charge in [-0.05, 0) is 78.1 Å². The molecule has 0 N–H and O–H groups in total. The Hall–Kier alpha value is -3.20. The van der Waals surface area contributed by atoms with E-state index in [2.05, 4.69) is 79.1 Å². The van der Waals surface area contributed by atoms with Crippen LogP contribution in [0.15, 0.2) is 67.2 Å². The summed E-state index contributed by atoms with van der Waals surface area (Å²) < 4.78 is 11.0. The molecule has 1 aliphatic carbocycles. The van der Waals surface area contributed by atoms with Gasteiger partial charge in [0.05, 0.1) is 14.2 Å². The number of hydrogen-bond acceptors (Lipinski definition) is 3. The summed E-state index contributed by atoms with van der Waals surface area (Å²) in [4.78, 5) is 2.46. The van der Waals surface area contributed by atoms with Gasteiger partial charge in [0.2, 0.25) is 0 Å². The van der Waals surface area contributed by atoms with Crippen LogP contribution in [0.2, 0.25) is 0 Å². The summed E-state index contributed by atoms with van der Waals surface area (Å²) in [5.74, 6) is 2.35. The fraction of sp³-hybridized carbons (Fsp3) is 0.310. The van der Waals surface area contributed by atoms with Crippen molar-refractivity contribution < 1.29 is 9.47 Å². The van der Waals surface area contributed by atoms with Crippen LogP contribution in [-0.2, 0) is 19.4 Å². The normalized spacial score (nSPS) is 15.0. The SMILES string of the molecule is C=Cc1ccc(CN(CC)c2cc(OC)ccc2C2CCc3cc(OC)ccc3C2)cc1. The van der Waals surface area contributed by atoms with Crippen molar-refractivity contribution in [2.24, 2.45) is 0 Å². The van der Waals surface area contributed by atoms with E-state index in [9.17, 15) is 0 Å². The van der Waals surface area contributed by atoms with Gasteiger partial charge >= 0.3 is 0 Å². The Morgan fingerprint density at radius 1 is 0.938 bits per heavy atom. The molecule has 0 heterocycles. The molecular weight excluding hydrogens is 394 g/mol. The molecule has 0 amide bonds. The van der Waals surface area contributed by atoms with E-state index in [4.69, 9.17) is 9.47 Å². The molecule has 0 radical (unpaired) electrons. The minimum atomic E-state index is 0.494. The average Bonchev–Trinajstić information content (AvgIpc) is 2.86. The van der Waals surface area contributed by atoms with Crippen molar-refractivity contribution in [3.63, 3.8) is 0 Å². The van der Waals surface area contributed by atoms with Crippen LogP contribution >= 0.6 is 0 Å². The minimum Gasteiger partial charge on any atom is -0.497 e. The van der Waals surface area contributed by atoms with Crippen molar-refractivity contribution in [3.8, 4) is 11.5 Å². The molecule has 3 aromatic rings. The number of nitrogens with zero attached hydrogens (tertiary/aromatic N) is 1. The smallest absolute Gasteiger partial charge is 0.120 e. The number of anilines is 1. The van der Waals surface area contributed by atoms with E-state index in [1.165, 1.54) is 27.9 Å². The molecule has 0 fully saturated rings. The van der Waals surface area contributed by atoms with Crippen LogP contribution in [0.1, 0.15) is 47.1 Å². The second kappa shape index (κ2) is 9.95. The summed E-state index contributed by atoms with van der Waals surface area (Å²) in [6.45, 7) is 7.89. The zero-order valence-corrected chi connectivity index (χ0v) is 19.4. The van der Waals surface area contributed by atoms with Crippen LogP contribution in [0.5, 0.6) is 11.5 Å². The zero-order chi connectivity index (χ0) is 22.5. The first kappa shape index (κ1) is 22.0. The van der Waals surface area contributed by atoms with Crippen molar-refractivity contribution in [1.82, 2.24) is 0 Å². The zero-order valence-electron chi connectivity index (χ0n) is 19.4. The lowest BCUT2D eigenvalue weighted by Gasteiger charge is -2.32. The summed E-state index contributed by atoms with van der Waals surface area (Å²) in [5.41, 5.74) is 8.00. The molecule has 32 heavy (non-hydrogen) atoms. The maximum atomic E-state index is 5.60. The van der Waals surface area contributed by atoms with Gasteiger partial charge in [0.15, 0.2) is 0 Å². The van der Waals surface area contributed by atoms with E-state index in [1.54, 1.807) is 14.2 Å². The van der Waals surface area contributed by atoms with Gasteiger partial charge in [0, 0.05) is 24.8 Å². The Morgan fingerprint density at radius 3 is 2.34 bits per heavy atom. The monoisotopic (exact) mass is 427 g/mol. The second-order valence-corrected chi connectivity index (χ2v) is 8.46. The summed E-state index contributed by atoms with van der Waals surface area (Å²) in [6, 6.07) is 21.8. The van der Waals surface area contributed by atoms with Gasteiger partial charge in [-0.25, -0.2) is 0 Å². The van der Waals surface area contributed by atoms with Gasteiger partial charge in [0.25, 0.3) is 0 Å². The molecule has 3 nitrogen and oxygen atoms in total. The van der Waals surface area contributed by atoms with Crippen LogP contribution in [0.25, 0.3) is 6.08 Å². The Bertz CT molecular complexity index is 1070. The Kier molecular flexibility index (Phi) is 6.84. The quantitative estimate of drug-likeness (QED) is 0.402. The van der Waals surface area contributed by atoms with Gasteiger partial charge in [-0.3, -0.25) is 0 Å². The van der Waals surface area contributed by atoms with Crippen molar-refractivity contribution in [1.29, 1.82) is 0 Å². The van der Waals surface area contributed by atoms with Crippen molar-refractivity contribution in [3.05, 3.63) is 95.1 Å². The number of methoxy groups -OCH3 is 2. The van der Waals surface area contributed by atoms with Crippen molar-refractivity contribution >= 4 is 11.8 Å². The summed E-state index contributed by atoms with van der Waals surface area (Å²) in [5, 5.41) is 0. The summed E-state index contributed by atoms with van der Waals surface area (Å²) in [7, 11) is 3.48. The Labute approximate surface area is 192 Å². The number of benzene rings is 3. The lowest BCUT2D eigenvalue weighted by Crippen LogP contribution is -2.25. The maximum absolute atomic E-state index is 5.60. The topological polar surface area (TPSA) is 21.7 Å². The van der Waals surface area contributed by atoms with Crippen LogP contribution in [0.3, 0.4) is 0 Å². The highest BCUT2D eigenvalue weighted by molar-refractivity contribution is 5.60. The Morgan fingerprint density at radius 2 is 1.66 bits per heavy atom. The molecule has 0 aliphatic heterocycles. The molecule has 0 saturated heterocycles. The third-order valence-electron chi connectivity index (χ3n) is 6.63. The average molecular weight is 428 g/mol. The number of aryl methyl sites for hydroxylation is 1. The fourth-order valence-electron chi connectivity index (χ4n) is 4.74. The predicted octanol–water partition coefficient (Wildman–Crippen LogP) is 6.65. The molecular formula is C29H33NO2. The summed E-state index contributed by atoms with van der Waals surface area (Å²) in [6.07, 6.45) is 5.17. The van der Waals surface area contributed by atoms with E-state index >= 15 is 0 Å². The number of rotatable bonds is 8. The Balaban J connectivity index is 1.64. The first-order chi connectivity index (χ1) is 15.6. The number of ether oxygens (including phenoxy) is 2. The van der Waals surface area contributed by atoms with E-state index in [-0.39, 0.29) is 0 Å². The molecule has 1 atom stereocenters. The van der Waals surface area contributed by atoms with Crippen LogP contribution in [-0.4, -0.2) is 20.8 Å². The minimum absolute atomic E-state index is 0.494. The molecule has 0 saturated carbocycles. The van der Waals surface area contributed by atoms with Gasteiger partial charge in [-0.15, -0.1) is 0 Å². The standard InChI is InChI=1S/C29H33NO2/c1-5-21-7-9-22(10-8-21)20-30(6-2)29-19-27(32-4)15-16-28(29)25-12-11-24-18-26(31-3)14-13-23(24)17-25/h5,7-10,13-16,18-19,25H,1,6,11-12,17,20H2,2-4H3. The predicted molar refractivity (Wildman–Crippen MR) is 134 cm³/mol. The van der Waals surface area contributed by atoms with Crippen LogP contribution in [0.4, 0.5) is 5.69 Å². The molecule has 3 heteroatoms. The number of hydrogen-bond donors (Lipinski definition) is 0.